The van der Waals surface area contributed by atoms with E-state index in [2.05, 4.69) is 13.8 Å². The number of phenolic OH excluding ortho intramolecular Hbond substituents is 1. The Kier molecular flexibility index (Phi) is 6.21. The first-order valence-electron chi connectivity index (χ1n) is 8.79. The Morgan fingerprint density at radius 3 is 2.40 bits per heavy atom. The van der Waals surface area contributed by atoms with Crippen molar-refractivity contribution in [1.29, 1.82) is 0 Å². The second kappa shape index (κ2) is 7.83. The standard InChI is InChI=1S/C21H27F2OP/c1-6-14(4)16-10-13(3)11-17(20(16)24)21(5,7-2)25-19-9-8-15(22)12-18(19)23/h8-12,14,24-25H,6-7H2,1-5H3. The summed E-state index contributed by atoms with van der Waals surface area (Å²) in [5.41, 5.74) is 2.89. The van der Waals surface area contributed by atoms with Gasteiger partial charge in [0.05, 0.1) is 0 Å². The maximum atomic E-state index is 14.2. The van der Waals surface area contributed by atoms with Gasteiger partial charge >= 0.3 is 0 Å². The van der Waals surface area contributed by atoms with Crippen LogP contribution in [-0.4, -0.2) is 5.11 Å². The molecule has 2 aromatic rings. The number of benzene rings is 2. The predicted molar refractivity (Wildman–Crippen MR) is 103 cm³/mol. The first-order valence-corrected chi connectivity index (χ1v) is 9.79. The monoisotopic (exact) mass is 364 g/mol. The van der Waals surface area contributed by atoms with Gasteiger partial charge in [-0.1, -0.05) is 54.0 Å². The third kappa shape index (κ3) is 4.20. The lowest BCUT2D eigenvalue weighted by Crippen LogP contribution is -2.20. The number of halogens is 2. The van der Waals surface area contributed by atoms with E-state index in [4.69, 9.17) is 0 Å². The van der Waals surface area contributed by atoms with Gasteiger partial charge in [-0.05, 0) is 43.4 Å². The highest BCUT2D eigenvalue weighted by atomic mass is 31.1. The molecule has 1 N–H and O–H groups in total. The number of aromatic hydroxyl groups is 1. The summed E-state index contributed by atoms with van der Waals surface area (Å²) in [6.07, 6.45) is 1.69. The van der Waals surface area contributed by atoms with Gasteiger partial charge in [0.2, 0.25) is 0 Å². The summed E-state index contributed by atoms with van der Waals surface area (Å²) in [6.45, 7) is 10.3. The Labute approximate surface area is 151 Å². The van der Waals surface area contributed by atoms with Crippen molar-refractivity contribution in [1.82, 2.24) is 0 Å². The number of aryl methyl sites for hydroxylation is 1. The number of phenols is 1. The number of hydrogen-bond donors (Lipinski definition) is 1. The molecule has 0 spiro atoms. The molecule has 2 aromatic carbocycles. The van der Waals surface area contributed by atoms with Gasteiger partial charge in [-0.15, -0.1) is 0 Å². The smallest absolute Gasteiger partial charge is 0.133 e. The van der Waals surface area contributed by atoms with Crippen LogP contribution in [0.4, 0.5) is 8.78 Å². The molecule has 0 amide bonds. The van der Waals surface area contributed by atoms with Crippen LogP contribution in [0.5, 0.6) is 5.75 Å². The molecule has 4 heteroatoms. The van der Waals surface area contributed by atoms with Crippen LogP contribution in [0, 0.1) is 18.6 Å². The molecule has 1 nitrogen and oxygen atoms in total. The lowest BCUT2D eigenvalue weighted by Gasteiger charge is -2.32. The molecule has 0 aromatic heterocycles. The van der Waals surface area contributed by atoms with Crippen molar-refractivity contribution in [3.63, 3.8) is 0 Å². The molecular formula is C21H27F2OP. The fourth-order valence-electron chi connectivity index (χ4n) is 3.06. The highest BCUT2D eigenvalue weighted by Crippen LogP contribution is 2.49. The second-order valence-electron chi connectivity index (χ2n) is 6.99. The summed E-state index contributed by atoms with van der Waals surface area (Å²) < 4.78 is 27.4. The van der Waals surface area contributed by atoms with Crippen molar-refractivity contribution in [3.8, 4) is 5.75 Å². The Morgan fingerprint density at radius 2 is 1.84 bits per heavy atom. The van der Waals surface area contributed by atoms with Crippen LogP contribution in [0.3, 0.4) is 0 Å². The summed E-state index contributed by atoms with van der Waals surface area (Å²) in [5, 5.41) is 11.0. The maximum Gasteiger partial charge on any atom is 0.133 e. The van der Waals surface area contributed by atoms with E-state index < -0.39 is 16.8 Å². The quantitative estimate of drug-likeness (QED) is 0.612. The van der Waals surface area contributed by atoms with E-state index in [1.807, 2.05) is 32.9 Å². The summed E-state index contributed by atoms with van der Waals surface area (Å²) in [5.74, 6) is -0.515. The van der Waals surface area contributed by atoms with Gasteiger partial charge in [0, 0.05) is 22.1 Å². The molecule has 136 valence electrons. The van der Waals surface area contributed by atoms with Crippen molar-refractivity contribution in [2.24, 2.45) is 0 Å². The molecule has 0 heterocycles. The SMILES string of the molecule is CCC(C)c1cc(C)cc(C(C)(CC)Pc2ccc(F)cc2F)c1O. The van der Waals surface area contributed by atoms with Crippen LogP contribution in [0.15, 0.2) is 30.3 Å². The Hall–Kier alpha value is -1.47. The highest BCUT2D eigenvalue weighted by Gasteiger charge is 2.31. The topological polar surface area (TPSA) is 20.2 Å². The largest absolute Gasteiger partial charge is 0.507 e. The van der Waals surface area contributed by atoms with Crippen molar-refractivity contribution >= 4 is 13.9 Å². The molecule has 0 bridgehead atoms. The van der Waals surface area contributed by atoms with Gasteiger partial charge in [0.25, 0.3) is 0 Å². The van der Waals surface area contributed by atoms with E-state index >= 15 is 0 Å². The predicted octanol–water partition coefficient (Wildman–Crippen LogP) is 6.12. The Balaban J connectivity index is 2.53. The molecule has 0 aliphatic rings. The molecule has 3 atom stereocenters. The molecule has 0 saturated carbocycles. The fourth-order valence-corrected chi connectivity index (χ4v) is 4.51. The lowest BCUT2D eigenvalue weighted by atomic mass is 9.88. The molecule has 2 rings (SSSR count). The van der Waals surface area contributed by atoms with E-state index in [0.29, 0.717) is 11.1 Å². The van der Waals surface area contributed by atoms with Gasteiger partial charge in [-0.25, -0.2) is 8.78 Å². The van der Waals surface area contributed by atoms with Gasteiger partial charge in [-0.3, -0.25) is 0 Å². The third-order valence-electron chi connectivity index (χ3n) is 5.07. The summed E-state index contributed by atoms with van der Waals surface area (Å²) >= 11 is 0. The third-order valence-corrected chi connectivity index (χ3v) is 6.92. The molecule has 3 unspecified atom stereocenters. The first-order chi connectivity index (χ1) is 11.7. The van der Waals surface area contributed by atoms with Gasteiger partial charge in [0.1, 0.15) is 17.4 Å². The molecule has 0 fully saturated rings. The van der Waals surface area contributed by atoms with Crippen LogP contribution in [0.2, 0.25) is 0 Å². The minimum Gasteiger partial charge on any atom is -0.507 e. The van der Waals surface area contributed by atoms with Gasteiger partial charge < -0.3 is 5.11 Å². The van der Waals surface area contributed by atoms with E-state index in [9.17, 15) is 13.9 Å². The molecule has 0 radical (unpaired) electrons. The Morgan fingerprint density at radius 1 is 1.16 bits per heavy atom. The molecule has 0 aliphatic heterocycles. The number of hydrogen-bond acceptors (Lipinski definition) is 1. The highest BCUT2D eigenvalue weighted by molar-refractivity contribution is 7.48. The van der Waals surface area contributed by atoms with E-state index in [1.54, 1.807) is 0 Å². The zero-order valence-electron chi connectivity index (χ0n) is 15.6. The number of rotatable bonds is 6. The van der Waals surface area contributed by atoms with Crippen molar-refractivity contribution < 1.29 is 13.9 Å². The average Bonchev–Trinajstić information content (AvgIpc) is 2.58. The lowest BCUT2D eigenvalue weighted by molar-refractivity contribution is 0.444. The normalized spacial score (nSPS) is 15.5. The second-order valence-corrected chi connectivity index (χ2v) is 8.89. The summed E-state index contributed by atoms with van der Waals surface area (Å²) in [4.78, 5) is 0. The van der Waals surface area contributed by atoms with Crippen LogP contribution < -0.4 is 5.30 Å². The summed E-state index contributed by atoms with van der Waals surface area (Å²) in [6, 6.07) is 7.77. The van der Waals surface area contributed by atoms with Crippen LogP contribution in [0.1, 0.15) is 63.1 Å². The zero-order chi connectivity index (χ0) is 18.8. The van der Waals surface area contributed by atoms with E-state index in [0.717, 1.165) is 35.6 Å². The van der Waals surface area contributed by atoms with Crippen molar-refractivity contribution in [3.05, 3.63) is 58.7 Å². The van der Waals surface area contributed by atoms with Gasteiger partial charge in [-0.2, -0.15) is 0 Å². The van der Waals surface area contributed by atoms with Crippen LogP contribution in [0.25, 0.3) is 0 Å². The minimum atomic E-state index is -0.568. The first kappa shape index (κ1) is 19.8. The zero-order valence-corrected chi connectivity index (χ0v) is 16.6. The van der Waals surface area contributed by atoms with E-state index in [1.165, 1.54) is 12.1 Å². The Bertz CT molecular complexity index is 760. The van der Waals surface area contributed by atoms with Crippen molar-refractivity contribution in [2.75, 3.05) is 0 Å². The molecule has 0 aliphatic carbocycles. The van der Waals surface area contributed by atoms with Crippen LogP contribution >= 0.6 is 8.58 Å². The maximum absolute atomic E-state index is 14.2. The summed E-state index contributed by atoms with van der Waals surface area (Å²) in [7, 11) is 0.103. The average molecular weight is 364 g/mol. The van der Waals surface area contributed by atoms with Crippen LogP contribution in [-0.2, 0) is 5.16 Å². The van der Waals surface area contributed by atoms with E-state index in [-0.39, 0.29) is 14.5 Å². The fraction of sp³-hybridized carbons (Fsp3) is 0.429. The molecule has 0 saturated heterocycles. The van der Waals surface area contributed by atoms with Crippen molar-refractivity contribution in [2.45, 2.75) is 58.5 Å². The molecule has 25 heavy (non-hydrogen) atoms. The molecular weight excluding hydrogens is 337 g/mol. The minimum absolute atomic E-state index is 0.103. The van der Waals surface area contributed by atoms with Gasteiger partial charge in [0.15, 0.2) is 0 Å².